The van der Waals surface area contributed by atoms with Gasteiger partial charge in [0.15, 0.2) is 11.6 Å². The van der Waals surface area contributed by atoms with Crippen LogP contribution in [0.2, 0.25) is 0 Å². The van der Waals surface area contributed by atoms with E-state index in [2.05, 4.69) is 16.0 Å². The third-order valence-corrected chi connectivity index (χ3v) is 6.29. The number of methoxy groups -OCH3 is 1. The van der Waals surface area contributed by atoms with E-state index in [4.69, 9.17) is 30.0 Å². The molecule has 3 aromatic carbocycles. The Morgan fingerprint density at radius 3 is 1.90 bits per heavy atom. The molecule has 0 saturated heterocycles. The van der Waals surface area contributed by atoms with Crippen molar-refractivity contribution in [3.63, 3.8) is 0 Å². The van der Waals surface area contributed by atoms with Gasteiger partial charge in [0.1, 0.15) is 24.0 Å². The van der Waals surface area contributed by atoms with E-state index in [1.807, 2.05) is 129 Å². The van der Waals surface area contributed by atoms with Gasteiger partial charge in [-0.1, -0.05) is 71.9 Å². The molecule has 1 aliphatic carbocycles. The van der Waals surface area contributed by atoms with Crippen LogP contribution >= 0.6 is 0 Å². The number of carbonyl (C=O) groups is 1. The maximum atomic E-state index is 12.5. The van der Waals surface area contributed by atoms with Gasteiger partial charge in [-0.05, 0) is 55.3 Å². The van der Waals surface area contributed by atoms with Crippen molar-refractivity contribution < 1.29 is 29.2 Å². The van der Waals surface area contributed by atoms with Crippen LogP contribution in [0.15, 0.2) is 90.0 Å². The maximum Gasteiger partial charge on any atom is 0.174 e. The third kappa shape index (κ3) is 14.8. The SMILES string of the molecule is CC.CC.CC.CC1=C(C=O)CC(F)C=C1.CCOc1cc(Nc2nc3ccccc3nc2Nc2cccc(NC)c2)cc(OC)c1.OO. The minimum Gasteiger partial charge on any atom is -0.497 e. The first-order chi connectivity index (χ1) is 23.9. The molecule has 268 valence electrons. The van der Waals surface area contributed by atoms with Gasteiger partial charge in [0, 0.05) is 48.7 Å². The third-order valence-electron chi connectivity index (χ3n) is 6.29. The highest BCUT2D eigenvalue weighted by Crippen LogP contribution is 2.32. The zero-order valence-electron chi connectivity index (χ0n) is 30.5. The number of hydrogen-bond acceptors (Lipinski definition) is 10. The number of nitrogens with one attached hydrogen (secondary N) is 3. The van der Waals surface area contributed by atoms with Crippen molar-refractivity contribution in [2.24, 2.45) is 0 Å². The van der Waals surface area contributed by atoms with Gasteiger partial charge >= 0.3 is 0 Å². The van der Waals surface area contributed by atoms with Gasteiger partial charge in [0.05, 0.1) is 24.8 Å². The Hall–Kier alpha value is -5.00. The summed E-state index contributed by atoms with van der Waals surface area (Å²) < 4.78 is 23.6. The smallest absolute Gasteiger partial charge is 0.174 e. The number of fused-ring (bicyclic) bond motifs is 1. The Balaban J connectivity index is 0.00000107. The standard InChI is InChI=1S/C24H25N5O2.C8H9FO.3C2H6.H2O2/c1-4-31-20-14-18(13-19(15-20)30-3)27-24-23(26-17-9-7-8-16(12-17)25-2)28-21-10-5-6-11-22(21)29-24;1-6-2-3-8(9)4-7(6)5-10;4*1-2/h5-15,25H,4H2,1-3H3,(H,26,28)(H,27,29);2-3,5,8H,4H2,1H3;3*1-2H3;1-2H. The zero-order chi connectivity index (χ0) is 37.2. The summed E-state index contributed by atoms with van der Waals surface area (Å²) in [5.41, 5.74) is 5.76. The van der Waals surface area contributed by atoms with Crippen molar-refractivity contribution in [1.82, 2.24) is 9.97 Å². The lowest BCUT2D eigenvalue weighted by molar-refractivity contribution is -0.176. The first kappa shape index (κ1) is 44.0. The van der Waals surface area contributed by atoms with E-state index < -0.39 is 6.17 Å². The second kappa shape index (κ2) is 26.0. The van der Waals surface area contributed by atoms with E-state index in [1.165, 1.54) is 6.08 Å². The zero-order valence-corrected chi connectivity index (χ0v) is 30.5. The summed E-state index contributed by atoms with van der Waals surface area (Å²) in [6, 6.07) is 21.4. The van der Waals surface area contributed by atoms with Crippen LogP contribution in [-0.4, -0.2) is 53.7 Å². The van der Waals surface area contributed by atoms with Crippen LogP contribution in [0, 0.1) is 0 Å². The summed E-state index contributed by atoms with van der Waals surface area (Å²) >= 11 is 0. The second-order valence-electron chi connectivity index (χ2n) is 9.23. The first-order valence-corrected chi connectivity index (χ1v) is 16.5. The predicted molar refractivity (Wildman–Crippen MR) is 203 cm³/mol. The molecule has 0 aliphatic heterocycles. The summed E-state index contributed by atoms with van der Waals surface area (Å²) in [6.07, 6.45) is 3.13. The lowest BCUT2D eigenvalue weighted by Gasteiger charge is -2.15. The highest BCUT2D eigenvalue weighted by molar-refractivity contribution is 5.84. The molecule has 1 unspecified atom stereocenters. The number of anilines is 5. The number of aldehydes is 1. The lowest BCUT2D eigenvalue weighted by Crippen LogP contribution is -2.04. The van der Waals surface area contributed by atoms with Crippen molar-refractivity contribution in [2.75, 3.05) is 36.7 Å². The van der Waals surface area contributed by atoms with Crippen LogP contribution in [0.1, 0.15) is 61.8 Å². The number of para-hydroxylation sites is 2. The van der Waals surface area contributed by atoms with Crippen molar-refractivity contribution in [1.29, 1.82) is 0 Å². The van der Waals surface area contributed by atoms with Crippen LogP contribution in [-0.2, 0) is 4.79 Å². The van der Waals surface area contributed by atoms with E-state index in [-0.39, 0.29) is 6.42 Å². The van der Waals surface area contributed by atoms with Crippen LogP contribution in [0.5, 0.6) is 11.5 Å². The Morgan fingerprint density at radius 1 is 0.837 bits per heavy atom. The fourth-order valence-corrected chi connectivity index (χ4v) is 4.15. The number of alkyl halides is 1. The molecular weight excluding hydrogens is 625 g/mol. The van der Waals surface area contributed by atoms with E-state index >= 15 is 0 Å². The monoisotopic (exact) mass is 679 g/mol. The van der Waals surface area contributed by atoms with Gasteiger partial charge in [0.2, 0.25) is 0 Å². The van der Waals surface area contributed by atoms with E-state index in [0.717, 1.165) is 40.0 Å². The number of halogens is 1. The molecule has 1 atom stereocenters. The molecular formula is C38H54FN5O5. The van der Waals surface area contributed by atoms with Gasteiger partial charge in [0.25, 0.3) is 0 Å². The molecule has 10 nitrogen and oxygen atoms in total. The summed E-state index contributed by atoms with van der Waals surface area (Å²) in [5.74, 6) is 2.63. The van der Waals surface area contributed by atoms with E-state index in [0.29, 0.717) is 35.3 Å². The highest BCUT2D eigenvalue weighted by atomic mass is 19.1. The fraction of sp³-hybridized carbons (Fsp3) is 0.342. The van der Waals surface area contributed by atoms with E-state index in [1.54, 1.807) is 13.2 Å². The van der Waals surface area contributed by atoms with Crippen molar-refractivity contribution in [2.45, 2.75) is 68.0 Å². The molecule has 49 heavy (non-hydrogen) atoms. The summed E-state index contributed by atoms with van der Waals surface area (Å²) in [4.78, 5) is 19.9. The molecule has 5 rings (SSSR count). The molecule has 5 N–H and O–H groups in total. The molecule has 0 bridgehead atoms. The van der Waals surface area contributed by atoms with Crippen molar-refractivity contribution in [3.8, 4) is 11.5 Å². The van der Waals surface area contributed by atoms with Gasteiger partial charge in [-0.2, -0.15) is 0 Å². The first-order valence-electron chi connectivity index (χ1n) is 16.5. The van der Waals surface area contributed by atoms with Crippen LogP contribution in [0.4, 0.5) is 33.1 Å². The Labute approximate surface area is 291 Å². The lowest BCUT2D eigenvalue weighted by atomic mass is 9.99. The average molecular weight is 680 g/mol. The quantitative estimate of drug-likeness (QED) is 0.0660. The van der Waals surface area contributed by atoms with Crippen molar-refractivity contribution >= 4 is 46.0 Å². The van der Waals surface area contributed by atoms with Crippen molar-refractivity contribution in [3.05, 3.63) is 90.0 Å². The largest absolute Gasteiger partial charge is 0.497 e. The van der Waals surface area contributed by atoms with Crippen LogP contribution in [0.25, 0.3) is 11.0 Å². The maximum absolute atomic E-state index is 12.5. The number of hydrogen-bond donors (Lipinski definition) is 5. The molecule has 0 saturated carbocycles. The minimum absolute atomic E-state index is 0.242. The number of aromatic nitrogens is 2. The average Bonchev–Trinajstić information content (AvgIpc) is 3.16. The summed E-state index contributed by atoms with van der Waals surface area (Å²) in [7, 11) is 3.52. The van der Waals surface area contributed by atoms with Crippen LogP contribution < -0.4 is 25.4 Å². The van der Waals surface area contributed by atoms with Gasteiger partial charge < -0.3 is 25.4 Å². The number of benzene rings is 3. The van der Waals surface area contributed by atoms with Crippen LogP contribution in [0.3, 0.4) is 0 Å². The Morgan fingerprint density at radius 2 is 1.39 bits per heavy atom. The fourth-order valence-electron chi connectivity index (χ4n) is 4.15. The predicted octanol–water partition coefficient (Wildman–Crippen LogP) is 10.5. The number of rotatable bonds is 9. The van der Waals surface area contributed by atoms with E-state index in [9.17, 15) is 9.18 Å². The number of ether oxygens (including phenoxy) is 2. The number of nitrogens with zero attached hydrogens (tertiary/aromatic N) is 2. The molecule has 4 aromatic rings. The molecule has 1 aromatic heterocycles. The minimum atomic E-state index is -0.969. The highest BCUT2D eigenvalue weighted by Gasteiger charge is 2.13. The normalized spacial score (nSPS) is 12.3. The number of carbonyl (C=O) groups excluding carboxylic acids is 1. The topological polar surface area (TPSA) is 138 Å². The number of allylic oxidation sites excluding steroid dienone is 4. The summed E-state index contributed by atoms with van der Waals surface area (Å²) in [5, 5.41) is 21.9. The Kier molecular flexibility index (Phi) is 23.4. The molecule has 1 heterocycles. The second-order valence-corrected chi connectivity index (χ2v) is 9.23. The Bertz CT molecular complexity index is 1580. The molecule has 0 amide bonds. The summed E-state index contributed by atoms with van der Waals surface area (Å²) in [6.45, 7) is 16.3. The van der Waals surface area contributed by atoms with Gasteiger partial charge in [-0.15, -0.1) is 0 Å². The molecule has 1 aliphatic rings. The molecule has 0 fully saturated rings. The molecule has 0 radical (unpaired) electrons. The van der Waals surface area contributed by atoms with Gasteiger partial charge in [-0.25, -0.2) is 14.4 Å². The molecule has 11 heteroatoms. The molecule has 0 spiro atoms. The van der Waals surface area contributed by atoms with Gasteiger partial charge in [-0.3, -0.25) is 15.3 Å².